The van der Waals surface area contributed by atoms with Crippen LogP contribution in [0.3, 0.4) is 0 Å². The summed E-state index contributed by atoms with van der Waals surface area (Å²) >= 11 is 0. The molecule has 0 fully saturated rings. The summed E-state index contributed by atoms with van der Waals surface area (Å²) in [6, 6.07) is 3.03. The lowest BCUT2D eigenvalue weighted by atomic mass is 10.0. The van der Waals surface area contributed by atoms with Crippen LogP contribution in [0.1, 0.15) is 24.5 Å². The SMILES string of the molecule is CCCc1c(C)c2ccc(O)c(O)c2oc1=O. The normalized spacial score (nSPS) is 10.9. The van der Waals surface area contributed by atoms with Gasteiger partial charge in [-0.3, -0.25) is 0 Å². The maximum Gasteiger partial charge on any atom is 0.339 e. The number of hydrogen-bond acceptors (Lipinski definition) is 4. The van der Waals surface area contributed by atoms with Crippen LogP contribution in [0.5, 0.6) is 11.5 Å². The first kappa shape index (κ1) is 11.5. The topological polar surface area (TPSA) is 70.7 Å². The maximum atomic E-state index is 11.7. The molecule has 4 heteroatoms. The Kier molecular flexibility index (Phi) is 2.79. The molecule has 1 aromatic carbocycles. The van der Waals surface area contributed by atoms with Gasteiger partial charge in [0.15, 0.2) is 11.3 Å². The van der Waals surface area contributed by atoms with E-state index in [2.05, 4.69) is 0 Å². The molecule has 0 bridgehead atoms. The number of fused-ring (bicyclic) bond motifs is 1. The third-order valence-electron chi connectivity index (χ3n) is 2.91. The molecule has 0 aliphatic heterocycles. The van der Waals surface area contributed by atoms with Crippen molar-refractivity contribution >= 4 is 11.0 Å². The zero-order valence-electron chi connectivity index (χ0n) is 9.78. The molecule has 2 rings (SSSR count). The van der Waals surface area contributed by atoms with E-state index in [-0.39, 0.29) is 17.1 Å². The van der Waals surface area contributed by atoms with E-state index in [0.29, 0.717) is 17.4 Å². The molecule has 1 heterocycles. The second-order valence-corrected chi connectivity index (χ2v) is 4.05. The van der Waals surface area contributed by atoms with Gasteiger partial charge in [0.05, 0.1) is 0 Å². The molecular weight excluding hydrogens is 220 g/mol. The number of rotatable bonds is 2. The molecule has 0 radical (unpaired) electrons. The number of phenolic OH excluding ortho intramolecular Hbond substituents is 2. The van der Waals surface area contributed by atoms with Crippen molar-refractivity contribution in [3.05, 3.63) is 33.7 Å². The van der Waals surface area contributed by atoms with Gasteiger partial charge in [0, 0.05) is 10.9 Å². The van der Waals surface area contributed by atoms with Crippen molar-refractivity contribution in [1.29, 1.82) is 0 Å². The second-order valence-electron chi connectivity index (χ2n) is 4.05. The number of phenols is 2. The smallest absolute Gasteiger partial charge is 0.339 e. The van der Waals surface area contributed by atoms with Gasteiger partial charge >= 0.3 is 5.63 Å². The summed E-state index contributed by atoms with van der Waals surface area (Å²) in [4.78, 5) is 11.7. The van der Waals surface area contributed by atoms with Gasteiger partial charge in [-0.25, -0.2) is 4.79 Å². The molecule has 0 amide bonds. The number of benzene rings is 1. The summed E-state index contributed by atoms with van der Waals surface area (Å²) in [7, 11) is 0. The fourth-order valence-electron chi connectivity index (χ4n) is 1.97. The molecule has 0 unspecified atom stereocenters. The number of hydrogen-bond donors (Lipinski definition) is 2. The van der Waals surface area contributed by atoms with Crippen LogP contribution in [0.2, 0.25) is 0 Å². The van der Waals surface area contributed by atoms with E-state index in [0.717, 1.165) is 12.0 Å². The van der Waals surface area contributed by atoms with Gasteiger partial charge in [0.25, 0.3) is 0 Å². The van der Waals surface area contributed by atoms with Gasteiger partial charge < -0.3 is 14.6 Å². The van der Waals surface area contributed by atoms with Crippen LogP contribution in [0.25, 0.3) is 11.0 Å². The molecule has 1 aromatic heterocycles. The largest absolute Gasteiger partial charge is 0.504 e. The lowest BCUT2D eigenvalue weighted by Crippen LogP contribution is -2.09. The van der Waals surface area contributed by atoms with E-state index >= 15 is 0 Å². The van der Waals surface area contributed by atoms with Crippen molar-refractivity contribution in [1.82, 2.24) is 0 Å². The average molecular weight is 234 g/mol. The Balaban J connectivity index is 2.86. The molecule has 17 heavy (non-hydrogen) atoms. The summed E-state index contributed by atoms with van der Waals surface area (Å²) in [5, 5.41) is 19.7. The van der Waals surface area contributed by atoms with Crippen LogP contribution in [0, 0.1) is 6.92 Å². The fourth-order valence-corrected chi connectivity index (χ4v) is 1.97. The van der Waals surface area contributed by atoms with Gasteiger partial charge in [0.1, 0.15) is 0 Å². The van der Waals surface area contributed by atoms with Gasteiger partial charge in [-0.15, -0.1) is 0 Å². The highest BCUT2D eigenvalue weighted by molar-refractivity contribution is 5.87. The highest BCUT2D eigenvalue weighted by Crippen LogP contribution is 2.34. The number of aromatic hydroxyl groups is 2. The molecule has 90 valence electrons. The van der Waals surface area contributed by atoms with E-state index in [1.807, 2.05) is 13.8 Å². The quantitative estimate of drug-likeness (QED) is 0.618. The minimum Gasteiger partial charge on any atom is -0.504 e. The minimum atomic E-state index is -0.447. The minimum absolute atomic E-state index is 0.0485. The van der Waals surface area contributed by atoms with E-state index in [4.69, 9.17) is 4.42 Å². The molecule has 2 N–H and O–H groups in total. The van der Waals surface area contributed by atoms with Gasteiger partial charge in [-0.2, -0.15) is 0 Å². The Hall–Kier alpha value is -1.97. The highest BCUT2D eigenvalue weighted by Gasteiger charge is 2.15. The molecule has 0 atom stereocenters. The van der Waals surface area contributed by atoms with Gasteiger partial charge in [-0.1, -0.05) is 13.3 Å². The molecule has 2 aromatic rings. The monoisotopic (exact) mass is 234 g/mol. The van der Waals surface area contributed by atoms with Crippen molar-refractivity contribution in [2.75, 3.05) is 0 Å². The summed E-state index contributed by atoms with van der Waals surface area (Å²) in [5.74, 6) is -0.672. The summed E-state index contributed by atoms with van der Waals surface area (Å²) in [6.45, 7) is 3.80. The van der Waals surface area contributed by atoms with Crippen LogP contribution >= 0.6 is 0 Å². The Morgan fingerprint density at radius 2 is 2.00 bits per heavy atom. The molecule has 0 aliphatic carbocycles. The lowest BCUT2D eigenvalue weighted by Gasteiger charge is -2.08. The lowest BCUT2D eigenvalue weighted by molar-refractivity contribution is 0.397. The van der Waals surface area contributed by atoms with Crippen LogP contribution in [-0.4, -0.2) is 10.2 Å². The van der Waals surface area contributed by atoms with E-state index in [1.54, 1.807) is 6.07 Å². The third kappa shape index (κ3) is 1.75. The van der Waals surface area contributed by atoms with Crippen LogP contribution in [0.15, 0.2) is 21.3 Å². The third-order valence-corrected chi connectivity index (χ3v) is 2.91. The predicted octanol–water partition coefficient (Wildman–Crippen LogP) is 2.47. The van der Waals surface area contributed by atoms with E-state index in [9.17, 15) is 15.0 Å². The van der Waals surface area contributed by atoms with Crippen LogP contribution in [0.4, 0.5) is 0 Å². The van der Waals surface area contributed by atoms with Crippen molar-refractivity contribution in [3.63, 3.8) is 0 Å². The van der Waals surface area contributed by atoms with E-state index in [1.165, 1.54) is 6.07 Å². The highest BCUT2D eigenvalue weighted by atomic mass is 16.4. The van der Waals surface area contributed by atoms with Crippen molar-refractivity contribution < 1.29 is 14.6 Å². The van der Waals surface area contributed by atoms with Crippen molar-refractivity contribution in [3.8, 4) is 11.5 Å². The van der Waals surface area contributed by atoms with Crippen molar-refractivity contribution in [2.24, 2.45) is 0 Å². The molecule has 0 saturated heterocycles. The molecule has 0 aliphatic rings. The molecular formula is C13H14O4. The zero-order valence-corrected chi connectivity index (χ0v) is 9.78. The summed E-state index contributed by atoms with van der Waals surface area (Å²) in [6.07, 6.45) is 1.49. The Morgan fingerprint density at radius 1 is 1.29 bits per heavy atom. The Labute approximate surface area is 98.1 Å². The van der Waals surface area contributed by atoms with Gasteiger partial charge in [-0.05, 0) is 31.0 Å². The first-order valence-corrected chi connectivity index (χ1v) is 5.53. The van der Waals surface area contributed by atoms with Crippen LogP contribution < -0.4 is 5.63 Å². The number of aryl methyl sites for hydroxylation is 1. The summed E-state index contributed by atoms with van der Waals surface area (Å²) in [5.41, 5.74) is 1.03. The van der Waals surface area contributed by atoms with E-state index < -0.39 is 5.63 Å². The van der Waals surface area contributed by atoms with Crippen LogP contribution in [-0.2, 0) is 6.42 Å². The molecule has 0 spiro atoms. The summed E-state index contributed by atoms with van der Waals surface area (Å²) < 4.78 is 5.07. The Bertz CT molecular complexity index is 625. The predicted molar refractivity (Wildman–Crippen MR) is 64.5 cm³/mol. The first-order valence-electron chi connectivity index (χ1n) is 5.53. The van der Waals surface area contributed by atoms with Crippen molar-refractivity contribution in [2.45, 2.75) is 26.7 Å². The molecule has 4 nitrogen and oxygen atoms in total. The first-order chi connectivity index (χ1) is 8.06. The zero-order chi connectivity index (χ0) is 12.6. The van der Waals surface area contributed by atoms with Gasteiger partial charge in [0.2, 0.25) is 5.75 Å². The second kappa shape index (κ2) is 4.13. The fraction of sp³-hybridized carbons (Fsp3) is 0.308. The standard InChI is InChI=1S/C13H14O4/c1-3-4-9-7(2)8-5-6-10(14)11(15)12(8)17-13(9)16/h5-6,14-15H,3-4H2,1-2H3. The Morgan fingerprint density at radius 3 is 2.65 bits per heavy atom. The molecule has 0 saturated carbocycles. The maximum absolute atomic E-state index is 11.7. The average Bonchev–Trinajstić information content (AvgIpc) is 2.30.